The fourth-order valence-electron chi connectivity index (χ4n) is 2.06. The molecule has 20 heavy (non-hydrogen) atoms. The van der Waals surface area contributed by atoms with Gasteiger partial charge in [-0.25, -0.2) is 13.2 Å². The van der Waals surface area contributed by atoms with Crippen LogP contribution in [0.2, 0.25) is 10.0 Å². The Morgan fingerprint density at radius 2 is 2.10 bits per heavy atom. The van der Waals surface area contributed by atoms with Crippen LogP contribution in [0.4, 0.5) is 0 Å². The van der Waals surface area contributed by atoms with Crippen molar-refractivity contribution >= 4 is 39.0 Å². The van der Waals surface area contributed by atoms with Crippen molar-refractivity contribution in [3.05, 3.63) is 27.7 Å². The fraction of sp³-hybridized carbons (Fsp3) is 0.417. The molecule has 1 atom stereocenters. The van der Waals surface area contributed by atoms with E-state index in [0.717, 1.165) is 12.5 Å². The number of ether oxygens (including phenoxy) is 1. The molecule has 0 aliphatic carbocycles. The van der Waals surface area contributed by atoms with Gasteiger partial charge in [-0.15, -0.1) is 0 Å². The van der Waals surface area contributed by atoms with Crippen LogP contribution in [-0.4, -0.2) is 38.0 Å². The van der Waals surface area contributed by atoms with Crippen molar-refractivity contribution in [1.82, 2.24) is 0 Å². The molecule has 1 heterocycles. The monoisotopic (exact) mass is 338 g/mol. The van der Waals surface area contributed by atoms with E-state index < -0.39 is 15.8 Å². The lowest BCUT2D eigenvalue weighted by Crippen LogP contribution is -2.21. The summed E-state index contributed by atoms with van der Waals surface area (Å²) in [6.45, 7) is 0.532. The minimum absolute atomic E-state index is 0.0118. The van der Waals surface area contributed by atoms with Crippen molar-refractivity contribution in [2.45, 2.75) is 23.8 Å². The van der Waals surface area contributed by atoms with Crippen molar-refractivity contribution in [2.75, 3.05) is 12.4 Å². The van der Waals surface area contributed by atoms with Crippen LogP contribution in [0, 0.1) is 0 Å². The van der Waals surface area contributed by atoms with E-state index in [1.807, 2.05) is 0 Å². The van der Waals surface area contributed by atoms with Crippen LogP contribution >= 0.6 is 23.2 Å². The molecule has 5 nitrogen and oxygen atoms in total. The van der Waals surface area contributed by atoms with E-state index in [9.17, 15) is 13.2 Å². The van der Waals surface area contributed by atoms with Crippen LogP contribution < -0.4 is 0 Å². The second kappa shape index (κ2) is 5.89. The Balaban J connectivity index is 2.42. The van der Waals surface area contributed by atoms with E-state index in [0.29, 0.717) is 13.0 Å². The van der Waals surface area contributed by atoms with E-state index in [-0.39, 0.29) is 32.4 Å². The summed E-state index contributed by atoms with van der Waals surface area (Å²) >= 11 is 11.7. The molecule has 1 aliphatic rings. The molecule has 1 aromatic carbocycles. The number of rotatable bonds is 4. The highest BCUT2D eigenvalue weighted by atomic mass is 35.5. The van der Waals surface area contributed by atoms with Crippen molar-refractivity contribution in [3.8, 4) is 0 Å². The first-order valence-electron chi connectivity index (χ1n) is 5.88. The van der Waals surface area contributed by atoms with Gasteiger partial charge >= 0.3 is 5.97 Å². The summed E-state index contributed by atoms with van der Waals surface area (Å²) < 4.78 is 29.9. The summed E-state index contributed by atoms with van der Waals surface area (Å²) in [4.78, 5) is 10.8. The summed E-state index contributed by atoms with van der Waals surface area (Å²) in [7, 11) is -3.76. The molecule has 1 N–H and O–H groups in total. The van der Waals surface area contributed by atoms with Gasteiger partial charge in [-0.2, -0.15) is 0 Å². The SMILES string of the molecule is O=C(O)c1cc(Cl)cc(S(=O)(=O)CC2CCCO2)c1Cl. The zero-order chi connectivity index (χ0) is 14.9. The van der Waals surface area contributed by atoms with Gasteiger partial charge in [0.2, 0.25) is 0 Å². The number of carboxylic acids is 1. The molecule has 1 aliphatic heterocycles. The van der Waals surface area contributed by atoms with Gasteiger partial charge in [0.15, 0.2) is 9.84 Å². The zero-order valence-electron chi connectivity index (χ0n) is 10.3. The van der Waals surface area contributed by atoms with Crippen LogP contribution in [0.1, 0.15) is 23.2 Å². The van der Waals surface area contributed by atoms with E-state index >= 15 is 0 Å². The maximum Gasteiger partial charge on any atom is 0.337 e. The number of benzene rings is 1. The predicted octanol–water partition coefficient (Wildman–Crippen LogP) is 2.64. The van der Waals surface area contributed by atoms with Crippen molar-refractivity contribution < 1.29 is 23.1 Å². The predicted molar refractivity (Wildman–Crippen MR) is 74.4 cm³/mol. The maximum atomic E-state index is 12.3. The lowest BCUT2D eigenvalue weighted by Gasteiger charge is -2.13. The highest BCUT2D eigenvalue weighted by molar-refractivity contribution is 7.91. The average molecular weight is 339 g/mol. The molecular weight excluding hydrogens is 327 g/mol. The van der Waals surface area contributed by atoms with Crippen LogP contribution in [-0.2, 0) is 14.6 Å². The smallest absolute Gasteiger partial charge is 0.337 e. The first-order valence-corrected chi connectivity index (χ1v) is 8.29. The molecule has 0 aromatic heterocycles. The van der Waals surface area contributed by atoms with E-state index in [1.165, 1.54) is 6.07 Å². The second-order valence-corrected chi connectivity index (χ2v) is 7.30. The maximum absolute atomic E-state index is 12.3. The quantitative estimate of drug-likeness (QED) is 0.912. The van der Waals surface area contributed by atoms with Gasteiger partial charge in [-0.05, 0) is 25.0 Å². The van der Waals surface area contributed by atoms with Gasteiger partial charge < -0.3 is 9.84 Å². The standard InChI is InChI=1S/C12H12Cl2O5S/c13-7-4-9(12(15)16)11(14)10(5-7)20(17,18)6-8-2-1-3-19-8/h4-5,8H,1-3,6H2,(H,15,16). The van der Waals surface area contributed by atoms with Gasteiger partial charge in [0.1, 0.15) is 0 Å². The van der Waals surface area contributed by atoms with Gasteiger partial charge in [0.25, 0.3) is 0 Å². The normalized spacial score (nSPS) is 19.2. The Bertz CT molecular complexity index is 635. The third-order valence-corrected chi connectivity index (χ3v) is 5.54. The minimum atomic E-state index is -3.76. The summed E-state index contributed by atoms with van der Waals surface area (Å²) in [6.07, 6.45) is 1.08. The van der Waals surface area contributed by atoms with Gasteiger partial charge in [0, 0.05) is 11.6 Å². The fourth-order valence-corrected chi connectivity index (χ4v) is 4.50. The number of halogens is 2. The van der Waals surface area contributed by atoms with Crippen molar-refractivity contribution in [1.29, 1.82) is 0 Å². The summed E-state index contributed by atoms with van der Waals surface area (Å²) in [5.74, 6) is -1.56. The number of carboxylic acid groups (broad SMARTS) is 1. The molecule has 0 amide bonds. The Kier molecular flexibility index (Phi) is 4.59. The van der Waals surface area contributed by atoms with Crippen LogP contribution in [0.15, 0.2) is 17.0 Å². The summed E-state index contributed by atoms with van der Waals surface area (Å²) in [5.41, 5.74) is -0.329. The van der Waals surface area contributed by atoms with Crippen molar-refractivity contribution in [3.63, 3.8) is 0 Å². The number of sulfone groups is 1. The molecule has 1 aromatic rings. The number of aromatic carboxylic acids is 1. The molecule has 1 unspecified atom stereocenters. The molecule has 0 radical (unpaired) electrons. The molecule has 0 saturated carbocycles. The molecular formula is C12H12Cl2O5S. The Morgan fingerprint density at radius 3 is 2.65 bits per heavy atom. The summed E-state index contributed by atoms with van der Waals surface area (Å²) in [5, 5.41) is 8.69. The first-order chi connectivity index (χ1) is 9.31. The Hall–Kier alpha value is -0.820. The van der Waals surface area contributed by atoms with E-state index in [1.54, 1.807) is 0 Å². The van der Waals surface area contributed by atoms with E-state index in [4.69, 9.17) is 33.0 Å². The highest BCUT2D eigenvalue weighted by Gasteiger charge is 2.28. The number of hydrogen-bond donors (Lipinski definition) is 1. The number of hydrogen-bond acceptors (Lipinski definition) is 4. The Morgan fingerprint density at radius 1 is 1.40 bits per heavy atom. The second-order valence-electron chi connectivity index (χ2n) is 4.49. The largest absolute Gasteiger partial charge is 0.478 e. The average Bonchev–Trinajstić information content (AvgIpc) is 2.83. The molecule has 1 saturated heterocycles. The minimum Gasteiger partial charge on any atom is -0.478 e. The molecule has 1 fully saturated rings. The van der Waals surface area contributed by atoms with E-state index in [2.05, 4.69) is 0 Å². The molecule has 0 bridgehead atoms. The molecule has 8 heteroatoms. The lowest BCUT2D eigenvalue weighted by molar-refractivity contribution is 0.0697. The van der Waals surface area contributed by atoms with Crippen LogP contribution in [0.25, 0.3) is 0 Å². The van der Waals surface area contributed by atoms with Gasteiger partial charge in [0.05, 0.1) is 27.3 Å². The highest BCUT2D eigenvalue weighted by Crippen LogP contribution is 2.31. The summed E-state index contributed by atoms with van der Waals surface area (Å²) in [6, 6.07) is 2.29. The third-order valence-electron chi connectivity index (χ3n) is 3.00. The van der Waals surface area contributed by atoms with Crippen molar-refractivity contribution in [2.24, 2.45) is 0 Å². The first kappa shape index (κ1) is 15.6. The zero-order valence-corrected chi connectivity index (χ0v) is 12.6. The third kappa shape index (κ3) is 3.25. The Labute approximate surface area is 126 Å². The van der Waals surface area contributed by atoms with Crippen LogP contribution in [0.3, 0.4) is 0 Å². The topological polar surface area (TPSA) is 80.7 Å². The molecule has 110 valence electrons. The molecule has 2 rings (SSSR count). The number of carbonyl (C=O) groups is 1. The van der Waals surface area contributed by atoms with Crippen LogP contribution in [0.5, 0.6) is 0 Å². The van der Waals surface area contributed by atoms with Gasteiger partial charge in [-0.1, -0.05) is 23.2 Å². The van der Waals surface area contributed by atoms with Gasteiger partial charge in [-0.3, -0.25) is 0 Å². The molecule has 0 spiro atoms. The lowest BCUT2D eigenvalue weighted by atomic mass is 10.2.